The molecule has 0 aliphatic rings. The molecule has 0 fully saturated rings. The summed E-state index contributed by atoms with van der Waals surface area (Å²) in [5, 5.41) is 0. The van der Waals surface area contributed by atoms with Crippen LogP contribution in [0.2, 0.25) is 0 Å². The maximum absolute atomic E-state index is 12.5. The van der Waals surface area contributed by atoms with E-state index >= 15 is 0 Å². The molecule has 57 heavy (non-hydrogen) atoms. The van der Waals surface area contributed by atoms with Crippen molar-refractivity contribution in [1.82, 2.24) is 0 Å². The molecule has 2 unspecified atom stereocenters. The van der Waals surface area contributed by atoms with E-state index in [1.807, 2.05) is 0 Å². The average molecular weight is 825 g/mol. The molecule has 9 heteroatoms. The highest BCUT2D eigenvalue weighted by Gasteiger charge is 2.24. The molecule has 0 amide bonds. The molecule has 0 aromatic heterocycles. The highest BCUT2D eigenvalue weighted by Crippen LogP contribution is 2.42. The van der Waals surface area contributed by atoms with Crippen molar-refractivity contribution in [2.45, 2.75) is 238 Å². The van der Waals surface area contributed by atoms with Gasteiger partial charge >= 0.3 is 19.8 Å². The minimum atomic E-state index is -4.27. The lowest BCUT2D eigenvalue weighted by Crippen LogP contribution is -2.29. The number of unbranched alkanes of at least 4 members (excludes halogenated alkanes) is 27. The predicted octanol–water partition coefficient (Wildman–Crippen LogP) is 15.2. The third kappa shape index (κ3) is 43.7. The maximum atomic E-state index is 12.5. The largest absolute Gasteiger partial charge is 0.472 e. The molecule has 0 spiro atoms. The zero-order chi connectivity index (χ0) is 41.8. The van der Waals surface area contributed by atoms with Crippen molar-refractivity contribution in [2.24, 2.45) is 0 Å². The number of allylic oxidation sites excluding steroid dienone is 6. The van der Waals surface area contributed by atoms with Crippen LogP contribution in [-0.4, -0.2) is 43.3 Å². The summed E-state index contributed by atoms with van der Waals surface area (Å²) >= 11 is 0. The smallest absolute Gasteiger partial charge is 0.462 e. The van der Waals surface area contributed by atoms with Gasteiger partial charge in [-0.3, -0.25) is 18.6 Å². The molecular formula is C48H89O8P. The van der Waals surface area contributed by atoms with Gasteiger partial charge in [0.25, 0.3) is 0 Å². The van der Waals surface area contributed by atoms with Crippen molar-refractivity contribution in [1.29, 1.82) is 0 Å². The summed E-state index contributed by atoms with van der Waals surface area (Å²) in [6.07, 6.45) is 52.0. The van der Waals surface area contributed by atoms with E-state index in [1.165, 1.54) is 148 Å². The Labute approximate surface area is 351 Å². The average Bonchev–Trinajstić information content (AvgIpc) is 3.20. The minimum Gasteiger partial charge on any atom is -0.462 e. The topological polar surface area (TPSA) is 108 Å². The van der Waals surface area contributed by atoms with E-state index in [2.05, 4.69) is 54.8 Å². The first-order valence-electron chi connectivity index (χ1n) is 23.7. The SMILES string of the molecule is CCCCC/C=C\C/C=C\CCCCCCCCCC(=O)OC(COC(=O)CCCCCCCCCCC/C=C\CCCCCCCCCC)COP(=O)(O)OC. The van der Waals surface area contributed by atoms with Gasteiger partial charge < -0.3 is 14.4 Å². The molecule has 0 aliphatic carbocycles. The first kappa shape index (κ1) is 55.3. The fourth-order valence-corrected chi connectivity index (χ4v) is 7.14. The first-order chi connectivity index (χ1) is 27.8. The van der Waals surface area contributed by atoms with Crippen molar-refractivity contribution in [3.8, 4) is 0 Å². The van der Waals surface area contributed by atoms with E-state index in [0.29, 0.717) is 6.42 Å². The summed E-state index contributed by atoms with van der Waals surface area (Å²) in [7, 11) is -3.20. The van der Waals surface area contributed by atoms with Crippen LogP contribution in [0.15, 0.2) is 36.5 Å². The van der Waals surface area contributed by atoms with E-state index < -0.39 is 26.5 Å². The second-order valence-electron chi connectivity index (χ2n) is 15.9. The minimum absolute atomic E-state index is 0.228. The van der Waals surface area contributed by atoms with Crippen LogP contribution >= 0.6 is 7.82 Å². The number of hydrogen-bond donors (Lipinski definition) is 1. The lowest BCUT2D eigenvalue weighted by molar-refractivity contribution is -0.161. The predicted molar refractivity (Wildman–Crippen MR) is 239 cm³/mol. The van der Waals surface area contributed by atoms with E-state index in [4.69, 9.17) is 14.0 Å². The molecular weight excluding hydrogens is 735 g/mol. The molecule has 0 saturated heterocycles. The van der Waals surface area contributed by atoms with Crippen molar-refractivity contribution in [3.05, 3.63) is 36.5 Å². The Kier molecular flexibility index (Phi) is 42.5. The molecule has 0 rings (SSSR count). The highest BCUT2D eigenvalue weighted by molar-refractivity contribution is 7.47. The standard InChI is InChI=1S/C48H89O8P/c1-4-6-8-10-12-14-16-18-20-22-23-24-25-27-28-30-32-34-36-38-40-42-47(49)54-44-46(45-55-57(51,52)53-3)56-48(50)43-41-39-37-35-33-31-29-26-21-19-17-15-13-11-9-7-5-2/h13,15,19,21-23,46H,4-12,14,16-18,20,24-45H2,1-3H3,(H,51,52)/b15-13-,21-19-,23-22-. The monoisotopic (exact) mass is 825 g/mol. The van der Waals surface area contributed by atoms with Gasteiger partial charge in [-0.05, 0) is 70.6 Å². The van der Waals surface area contributed by atoms with E-state index in [0.717, 1.165) is 58.5 Å². The summed E-state index contributed by atoms with van der Waals surface area (Å²) < 4.78 is 32.1. The number of carbonyl (C=O) groups excluding carboxylic acids is 2. The molecule has 334 valence electrons. The van der Waals surface area contributed by atoms with Crippen LogP contribution in [0.25, 0.3) is 0 Å². The zero-order valence-electron chi connectivity index (χ0n) is 37.2. The maximum Gasteiger partial charge on any atom is 0.472 e. The fourth-order valence-electron chi connectivity index (χ4n) is 6.68. The van der Waals surface area contributed by atoms with Gasteiger partial charge in [-0.15, -0.1) is 0 Å². The molecule has 1 N–H and O–H groups in total. The molecule has 0 bridgehead atoms. The van der Waals surface area contributed by atoms with Crippen LogP contribution in [-0.2, 0) is 32.7 Å². The number of phosphoric ester groups is 1. The summed E-state index contributed by atoms with van der Waals surface area (Å²) in [5.74, 6) is -0.809. The molecule has 2 atom stereocenters. The third-order valence-electron chi connectivity index (χ3n) is 10.4. The van der Waals surface area contributed by atoms with Gasteiger partial charge in [-0.2, -0.15) is 0 Å². The van der Waals surface area contributed by atoms with Crippen molar-refractivity contribution >= 4 is 19.8 Å². The molecule has 0 radical (unpaired) electrons. The Hall–Kier alpha value is -1.73. The lowest BCUT2D eigenvalue weighted by Gasteiger charge is -2.19. The van der Waals surface area contributed by atoms with Crippen LogP contribution in [0.4, 0.5) is 0 Å². The van der Waals surface area contributed by atoms with Gasteiger partial charge in [0.05, 0.1) is 6.61 Å². The Bertz CT molecular complexity index is 1030. The normalized spacial score (nSPS) is 13.5. The second kappa shape index (κ2) is 43.8. The van der Waals surface area contributed by atoms with E-state index in [1.54, 1.807) is 0 Å². The summed E-state index contributed by atoms with van der Waals surface area (Å²) in [5.41, 5.74) is 0. The van der Waals surface area contributed by atoms with Crippen molar-refractivity contribution < 1.29 is 37.6 Å². The summed E-state index contributed by atoms with van der Waals surface area (Å²) in [6.45, 7) is 3.88. The van der Waals surface area contributed by atoms with Gasteiger partial charge in [0.1, 0.15) is 6.61 Å². The van der Waals surface area contributed by atoms with E-state index in [-0.39, 0.29) is 25.4 Å². The Balaban J connectivity index is 3.94. The van der Waals surface area contributed by atoms with Crippen molar-refractivity contribution in [3.63, 3.8) is 0 Å². The van der Waals surface area contributed by atoms with Gasteiger partial charge in [-0.25, -0.2) is 4.57 Å². The van der Waals surface area contributed by atoms with Crippen molar-refractivity contribution in [2.75, 3.05) is 20.3 Å². The van der Waals surface area contributed by atoms with Crippen LogP contribution in [0, 0.1) is 0 Å². The molecule has 8 nitrogen and oxygen atoms in total. The van der Waals surface area contributed by atoms with Crippen LogP contribution in [0.3, 0.4) is 0 Å². The molecule has 0 aliphatic heterocycles. The molecule has 0 aromatic rings. The van der Waals surface area contributed by atoms with Gasteiger partial charge in [0.2, 0.25) is 0 Å². The van der Waals surface area contributed by atoms with Crippen LogP contribution in [0.5, 0.6) is 0 Å². The Morgan fingerprint density at radius 2 is 0.842 bits per heavy atom. The van der Waals surface area contributed by atoms with Gasteiger partial charge in [-0.1, -0.05) is 185 Å². The number of ether oxygens (including phenoxy) is 2. The Morgan fingerprint density at radius 1 is 0.491 bits per heavy atom. The number of esters is 2. The number of rotatable bonds is 44. The second-order valence-corrected chi connectivity index (χ2v) is 17.4. The number of carbonyl (C=O) groups is 2. The molecule has 0 saturated carbocycles. The number of phosphoric acid groups is 1. The van der Waals surface area contributed by atoms with Gasteiger partial charge in [0.15, 0.2) is 6.10 Å². The zero-order valence-corrected chi connectivity index (χ0v) is 38.1. The van der Waals surface area contributed by atoms with Crippen LogP contribution in [0.1, 0.15) is 232 Å². The van der Waals surface area contributed by atoms with Gasteiger partial charge in [0, 0.05) is 20.0 Å². The Morgan fingerprint density at radius 3 is 1.28 bits per heavy atom. The fraction of sp³-hybridized carbons (Fsp3) is 0.833. The third-order valence-corrected chi connectivity index (χ3v) is 11.3. The van der Waals surface area contributed by atoms with Crippen LogP contribution < -0.4 is 0 Å². The summed E-state index contributed by atoms with van der Waals surface area (Å²) in [6, 6.07) is 0. The quantitative estimate of drug-likeness (QED) is 0.0280. The molecule has 0 aromatic carbocycles. The first-order valence-corrected chi connectivity index (χ1v) is 25.2. The lowest BCUT2D eigenvalue weighted by atomic mass is 10.1. The molecule has 0 heterocycles. The van der Waals surface area contributed by atoms with E-state index in [9.17, 15) is 19.0 Å². The highest BCUT2D eigenvalue weighted by atomic mass is 31.2. The number of hydrogen-bond acceptors (Lipinski definition) is 7. The summed E-state index contributed by atoms with van der Waals surface area (Å²) in [4.78, 5) is 34.6.